The molecular formula is C7H17O2Pb. The van der Waals surface area contributed by atoms with Crippen LogP contribution >= 0.6 is 0 Å². The van der Waals surface area contributed by atoms with E-state index in [4.69, 9.17) is 5.11 Å². The number of carboxylic acid groups (broad SMARTS) is 1. The quantitative estimate of drug-likeness (QED) is 0.742. The Kier molecular flexibility index (Phi) is 9.76. The van der Waals surface area contributed by atoms with Gasteiger partial charge in [0.15, 0.2) is 0 Å². The Bertz CT molecular complexity index is 86.9. The van der Waals surface area contributed by atoms with E-state index in [-0.39, 0.29) is 5.92 Å². The predicted molar refractivity (Wildman–Crippen MR) is 45.8 cm³/mol. The van der Waals surface area contributed by atoms with Crippen molar-refractivity contribution >= 4 is 28.7 Å². The van der Waals surface area contributed by atoms with Gasteiger partial charge < -0.3 is 5.11 Å². The summed E-state index contributed by atoms with van der Waals surface area (Å²) in [6, 6.07) is 0. The zero-order chi connectivity index (χ0) is 8.73. The van der Waals surface area contributed by atoms with Gasteiger partial charge in [-0.25, -0.2) is 0 Å². The van der Waals surface area contributed by atoms with E-state index in [9.17, 15) is 4.79 Å². The van der Waals surface area contributed by atoms with Gasteiger partial charge in [0, 0.05) is 0 Å². The summed E-state index contributed by atoms with van der Waals surface area (Å²) in [5.74, 6) is -0.972. The molecule has 0 rings (SSSR count). The molecule has 10 heavy (non-hydrogen) atoms. The zero-order valence-electron chi connectivity index (χ0n) is 7.43. The van der Waals surface area contributed by atoms with Gasteiger partial charge in [-0.3, -0.25) is 4.79 Å². The molecule has 3 heteroatoms. The first-order chi connectivity index (χ1) is 4.37. The van der Waals surface area contributed by atoms with Crippen LogP contribution in [0.25, 0.3) is 0 Å². The van der Waals surface area contributed by atoms with Gasteiger partial charge in [-0.2, -0.15) is 0 Å². The van der Waals surface area contributed by atoms with Crippen LogP contribution in [0, 0.1) is 5.92 Å². The summed E-state index contributed by atoms with van der Waals surface area (Å²) < 4.78 is 7.14. The number of hydrogen-bond donors (Lipinski definition) is 1. The maximum atomic E-state index is 9.70. The first-order valence-electron chi connectivity index (χ1n) is 3.37. The molecule has 0 heterocycles. The summed E-state index contributed by atoms with van der Waals surface area (Å²) in [4.78, 5) is 9.70. The molecule has 2 nitrogen and oxygen atoms in total. The van der Waals surface area contributed by atoms with Gasteiger partial charge in [-0.05, 0) is 0 Å². The Morgan fingerprint density at radius 2 is 1.40 bits per heavy atom. The Labute approximate surface area is 71.8 Å². The van der Waals surface area contributed by atoms with E-state index in [1.54, 1.807) is 13.8 Å². The molecule has 0 aliphatic rings. The van der Waals surface area contributed by atoms with Gasteiger partial charge in [-0.15, -0.1) is 0 Å². The van der Waals surface area contributed by atoms with Gasteiger partial charge in [0.05, 0.1) is 5.92 Å². The van der Waals surface area contributed by atoms with E-state index in [2.05, 4.69) is 13.4 Å². The maximum absolute atomic E-state index is 9.70. The van der Waals surface area contributed by atoms with Crippen molar-refractivity contribution < 1.29 is 9.90 Å². The van der Waals surface area contributed by atoms with Crippen molar-refractivity contribution in [2.75, 3.05) is 0 Å². The van der Waals surface area contributed by atoms with Crippen LogP contribution in [0.4, 0.5) is 0 Å². The van der Waals surface area contributed by atoms with Crippen molar-refractivity contribution in [2.24, 2.45) is 5.92 Å². The molecule has 0 aliphatic heterocycles. The van der Waals surface area contributed by atoms with Crippen LogP contribution in [0.15, 0.2) is 0 Å². The summed E-state index contributed by atoms with van der Waals surface area (Å²) in [6.45, 7) is 3.28. The van der Waals surface area contributed by atoms with Crippen LogP contribution in [0.3, 0.4) is 0 Å². The molecule has 0 spiro atoms. The number of carboxylic acids is 1. The van der Waals surface area contributed by atoms with Crippen molar-refractivity contribution in [1.82, 2.24) is 0 Å². The van der Waals surface area contributed by atoms with E-state index in [0.717, 1.165) is 0 Å². The molecule has 0 fully saturated rings. The van der Waals surface area contributed by atoms with Crippen LogP contribution < -0.4 is 0 Å². The topological polar surface area (TPSA) is 37.3 Å². The third-order valence-corrected chi connectivity index (χ3v) is 0.494. The molecule has 0 amide bonds. The van der Waals surface area contributed by atoms with Gasteiger partial charge in [0.25, 0.3) is 0 Å². The van der Waals surface area contributed by atoms with E-state index in [0.29, 0.717) is 0 Å². The van der Waals surface area contributed by atoms with Gasteiger partial charge in [0.1, 0.15) is 0 Å². The number of hydrogen-bond acceptors (Lipinski definition) is 1. The fourth-order valence-corrected chi connectivity index (χ4v) is 0. The fraction of sp³-hybridized carbons (Fsp3) is 0.857. The Morgan fingerprint density at radius 1 is 1.30 bits per heavy atom. The van der Waals surface area contributed by atoms with Crippen LogP contribution in [0.2, 0.25) is 13.4 Å². The number of aliphatic carboxylic acids is 1. The molecule has 0 aromatic heterocycles. The van der Waals surface area contributed by atoms with E-state index in [1.807, 2.05) is 0 Å². The summed E-state index contributed by atoms with van der Waals surface area (Å²) in [5, 5.41) is 7.99. The van der Waals surface area contributed by atoms with Crippen molar-refractivity contribution in [1.29, 1.82) is 0 Å². The molecule has 0 unspecified atom stereocenters. The summed E-state index contributed by atoms with van der Waals surface area (Å²) in [5.41, 5.74) is 0. The van der Waals surface area contributed by atoms with Crippen molar-refractivity contribution in [3.05, 3.63) is 0 Å². The summed E-state index contributed by atoms with van der Waals surface area (Å²) in [7, 11) is 0. The molecule has 0 aliphatic carbocycles. The number of carbonyl (C=O) groups is 1. The van der Waals surface area contributed by atoms with Gasteiger partial charge in [0.2, 0.25) is 0 Å². The average molecular weight is 340 g/mol. The standard InChI is InChI=1S/C4H8O2.3CH3.Pb/c1-3(2)4(5)6;;;;/h3H,1-2H3,(H,5,6);3*1H3;. The molecule has 0 saturated carbocycles. The molecule has 0 aromatic carbocycles. The zero-order valence-corrected chi connectivity index (χ0v) is 11.3. The molecule has 0 saturated heterocycles. The van der Waals surface area contributed by atoms with E-state index in [1.165, 1.54) is 0 Å². The van der Waals surface area contributed by atoms with Gasteiger partial charge >= 0.3 is 42.1 Å². The predicted octanol–water partition coefficient (Wildman–Crippen LogP) is 2.10. The second kappa shape index (κ2) is 7.50. The SMILES string of the molecule is CC(C)C(=O)O.[CH3][Pb]([CH3])[CH3]. The molecule has 1 radical (unpaired) electrons. The Balaban J connectivity index is 0. The summed E-state index contributed by atoms with van der Waals surface area (Å²) in [6.07, 6.45) is 0. The molecule has 0 bridgehead atoms. The Hall–Kier alpha value is 0.392. The fourth-order valence-electron chi connectivity index (χ4n) is 0. The molecule has 0 aromatic rings. The van der Waals surface area contributed by atoms with Crippen LogP contribution in [-0.4, -0.2) is 33.8 Å². The third kappa shape index (κ3) is 23.8. The molecule has 1 N–H and O–H groups in total. The first kappa shape index (κ1) is 13.0. The van der Waals surface area contributed by atoms with Crippen LogP contribution in [0.5, 0.6) is 0 Å². The molecule has 0 atom stereocenters. The first-order valence-corrected chi connectivity index (χ1v) is 15.0. The second-order valence-electron chi connectivity index (χ2n) is 2.99. The average Bonchev–Trinajstić information content (AvgIpc) is 1.63. The normalized spacial score (nSPS) is 9.10. The third-order valence-electron chi connectivity index (χ3n) is 0.494. The summed E-state index contributed by atoms with van der Waals surface area (Å²) >= 11 is -0.657. The van der Waals surface area contributed by atoms with Gasteiger partial charge in [-0.1, -0.05) is 13.8 Å². The van der Waals surface area contributed by atoms with Crippen molar-refractivity contribution in [3.63, 3.8) is 0 Å². The minimum absolute atomic E-state index is 0.231. The van der Waals surface area contributed by atoms with Crippen LogP contribution in [-0.2, 0) is 4.79 Å². The van der Waals surface area contributed by atoms with E-state index < -0.39 is 28.7 Å². The van der Waals surface area contributed by atoms with Crippen LogP contribution in [0.1, 0.15) is 13.8 Å². The Morgan fingerprint density at radius 3 is 1.40 bits per heavy atom. The second-order valence-corrected chi connectivity index (χ2v) is 14.7. The molecular weight excluding hydrogens is 323 g/mol. The number of rotatable bonds is 1. The van der Waals surface area contributed by atoms with E-state index >= 15 is 0 Å². The minimum atomic E-state index is -0.741. The monoisotopic (exact) mass is 341 g/mol. The van der Waals surface area contributed by atoms with Crippen molar-refractivity contribution in [3.8, 4) is 0 Å². The van der Waals surface area contributed by atoms with Crippen molar-refractivity contribution in [2.45, 2.75) is 27.3 Å². The molecule has 61 valence electrons.